The third-order valence-electron chi connectivity index (χ3n) is 4.26. The van der Waals surface area contributed by atoms with Crippen LogP contribution in [0.5, 0.6) is 0 Å². The molecule has 1 fully saturated rings. The summed E-state index contributed by atoms with van der Waals surface area (Å²) in [5.41, 5.74) is 7.58. The van der Waals surface area contributed by atoms with Gasteiger partial charge in [0.05, 0.1) is 4.90 Å². The molecule has 1 aromatic carbocycles. The van der Waals surface area contributed by atoms with E-state index in [2.05, 4.69) is 24.2 Å². The molecule has 1 aliphatic rings. The van der Waals surface area contributed by atoms with Gasteiger partial charge in [0.2, 0.25) is 10.0 Å². The number of rotatable bonds is 3. The molecule has 2 atom stereocenters. The number of piperidine rings is 1. The molecule has 5 N–H and O–H groups in total. The highest BCUT2D eigenvalue weighted by molar-refractivity contribution is 7.89. The second kappa shape index (κ2) is 5.82. The standard InChI is InChI=1S/C14H24N4O2S/c1-9-6-12(4-5-18(9)3)17-13-7-11(15)8-14(10(13)2)21(16,19)20/h7-9,12,17H,4-6,15H2,1-3H3,(H2,16,19,20). The van der Waals surface area contributed by atoms with E-state index in [0.29, 0.717) is 23.3 Å². The van der Waals surface area contributed by atoms with Crippen LogP contribution >= 0.6 is 0 Å². The number of nitrogens with one attached hydrogen (secondary N) is 1. The smallest absolute Gasteiger partial charge is 0.238 e. The van der Waals surface area contributed by atoms with Crippen LogP contribution in [0.25, 0.3) is 0 Å². The van der Waals surface area contributed by atoms with Gasteiger partial charge in [-0.1, -0.05) is 0 Å². The highest BCUT2D eigenvalue weighted by atomic mass is 32.2. The highest BCUT2D eigenvalue weighted by Gasteiger charge is 2.24. The van der Waals surface area contributed by atoms with Gasteiger partial charge in [0.15, 0.2) is 0 Å². The number of sulfonamides is 1. The maximum absolute atomic E-state index is 11.6. The first kappa shape index (κ1) is 16.1. The van der Waals surface area contributed by atoms with E-state index in [1.54, 1.807) is 13.0 Å². The summed E-state index contributed by atoms with van der Waals surface area (Å²) in [5.74, 6) is 0. The normalized spacial score (nSPS) is 24.0. The van der Waals surface area contributed by atoms with Crippen molar-refractivity contribution in [2.45, 2.75) is 43.7 Å². The fraction of sp³-hybridized carbons (Fsp3) is 0.571. The molecule has 1 heterocycles. The number of primary sulfonamides is 1. The number of benzene rings is 1. The van der Waals surface area contributed by atoms with Crippen molar-refractivity contribution in [1.29, 1.82) is 0 Å². The zero-order valence-corrected chi connectivity index (χ0v) is 13.6. The fourth-order valence-corrected chi connectivity index (χ4v) is 3.63. The summed E-state index contributed by atoms with van der Waals surface area (Å²) in [6.07, 6.45) is 2.02. The van der Waals surface area contributed by atoms with Crippen LogP contribution in [0.1, 0.15) is 25.3 Å². The van der Waals surface area contributed by atoms with Crippen molar-refractivity contribution in [3.8, 4) is 0 Å². The second-order valence-corrected chi connectivity index (χ2v) is 7.46. The monoisotopic (exact) mass is 312 g/mol. The Bertz CT molecular complexity index is 630. The van der Waals surface area contributed by atoms with Crippen LogP contribution in [0.4, 0.5) is 11.4 Å². The lowest BCUT2D eigenvalue weighted by molar-refractivity contribution is 0.190. The molecule has 118 valence electrons. The van der Waals surface area contributed by atoms with E-state index < -0.39 is 10.0 Å². The van der Waals surface area contributed by atoms with Gasteiger partial charge < -0.3 is 16.0 Å². The summed E-state index contributed by atoms with van der Waals surface area (Å²) in [6.45, 7) is 4.96. The summed E-state index contributed by atoms with van der Waals surface area (Å²) in [6, 6.07) is 3.99. The molecule has 0 bridgehead atoms. The van der Waals surface area contributed by atoms with Crippen LogP contribution in [0.15, 0.2) is 17.0 Å². The highest BCUT2D eigenvalue weighted by Crippen LogP contribution is 2.28. The van der Waals surface area contributed by atoms with Gasteiger partial charge in [0.1, 0.15) is 0 Å². The lowest BCUT2D eigenvalue weighted by Crippen LogP contribution is -2.42. The minimum atomic E-state index is -3.77. The summed E-state index contributed by atoms with van der Waals surface area (Å²) < 4.78 is 23.3. The van der Waals surface area contributed by atoms with Gasteiger partial charge in [-0.3, -0.25) is 0 Å². The molecule has 0 spiro atoms. The van der Waals surface area contributed by atoms with Crippen LogP contribution in [-0.2, 0) is 10.0 Å². The van der Waals surface area contributed by atoms with E-state index in [-0.39, 0.29) is 4.90 Å². The molecular formula is C14H24N4O2S. The number of nitrogen functional groups attached to an aromatic ring is 1. The van der Waals surface area contributed by atoms with Crippen molar-refractivity contribution in [3.63, 3.8) is 0 Å². The third kappa shape index (κ3) is 3.66. The van der Waals surface area contributed by atoms with Crippen molar-refractivity contribution < 1.29 is 8.42 Å². The molecule has 1 aliphatic heterocycles. The summed E-state index contributed by atoms with van der Waals surface area (Å²) in [7, 11) is -1.65. The van der Waals surface area contributed by atoms with Gasteiger partial charge in [-0.25, -0.2) is 13.6 Å². The molecule has 21 heavy (non-hydrogen) atoms. The topological polar surface area (TPSA) is 101 Å². The predicted molar refractivity (Wildman–Crippen MR) is 85.7 cm³/mol. The molecule has 0 amide bonds. The predicted octanol–water partition coefficient (Wildman–Crippen LogP) is 1.12. The van der Waals surface area contributed by atoms with Gasteiger partial charge >= 0.3 is 0 Å². The van der Waals surface area contributed by atoms with Crippen LogP contribution in [0.3, 0.4) is 0 Å². The second-order valence-electron chi connectivity index (χ2n) is 5.93. The number of hydrogen-bond acceptors (Lipinski definition) is 5. The first-order valence-corrected chi connectivity index (χ1v) is 8.63. The Balaban J connectivity index is 2.27. The van der Waals surface area contributed by atoms with Gasteiger partial charge in [-0.05, 0) is 51.4 Å². The molecule has 6 nitrogen and oxygen atoms in total. The van der Waals surface area contributed by atoms with E-state index in [4.69, 9.17) is 10.9 Å². The minimum Gasteiger partial charge on any atom is -0.399 e. The minimum absolute atomic E-state index is 0.0889. The molecule has 1 saturated heterocycles. The Morgan fingerprint density at radius 2 is 2.05 bits per heavy atom. The molecular weight excluding hydrogens is 288 g/mol. The van der Waals surface area contributed by atoms with Crippen molar-refractivity contribution >= 4 is 21.4 Å². The number of nitrogens with zero attached hydrogens (tertiary/aromatic N) is 1. The zero-order valence-electron chi connectivity index (χ0n) is 12.8. The first-order valence-electron chi connectivity index (χ1n) is 7.08. The molecule has 0 saturated carbocycles. The molecule has 2 unspecified atom stereocenters. The van der Waals surface area contributed by atoms with Crippen LogP contribution in [-0.4, -0.2) is 39.0 Å². The Morgan fingerprint density at radius 3 is 2.62 bits per heavy atom. The first-order chi connectivity index (χ1) is 9.68. The summed E-state index contributed by atoms with van der Waals surface area (Å²) in [4.78, 5) is 2.41. The van der Waals surface area contributed by atoms with E-state index in [9.17, 15) is 8.42 Å². The van der Waals surface area contributed by atoms with Gasteiger partial charge in [-0.2, -0.15) is 0 Å². The lowest BCUT2D eigenvalue weighted by Gasteiger charge is -2.36. The SMILES string of the molecule is Cc1c(NC2CCN(C)C(C)C2)cc(N)cc1S(N)(=O)=O. The number of nitrogens with two attached hydrogens (primary N) is 2. The Labute approximate surface area is 126 Å². The quantitative estimate of drug-likeness (QED) is 0.726. The molecule has 1 aromatic rings. The van der Waals surface area contributed by atoms with Crippen molar-refractivity contribution in [3.05, 3.63) is 17.7 Å². The Hall–Kier alpha value is -1.31. The number of likely N-dealkylation sites (tertiary alicyclic amines) is 1. The largest absolute Gasteiger partial charge is 0.399 e. The van der Waals surface area contributed by atoms with Crippen molar-refractivity contribution in [2.75, 3.05) is 24.6 Å². The number of hydrogen-bond donors (Lipinski definition) is 3. The van der Waals surface area contributed by atoms with Crippen LogP contribution < -0.4 is 16.2 Å². The maximum atomic E-state index is 11.6. The maximum Gasteiger partial charge on any atom is 0.238 e. The number of anilines is 2. The summed E-state index contributed by atoms with van der Waals surface area (Å²) >= 11 is 0. The van der Waals surface area contributed by atoms with E-state index in [0.717, 1.165) is 25.1 Å². The van der Waals surface area contributed by atoms with Crippen LogP contribution in [0.2, 0.25) is 0 Å². The van der Waals surface area contributed by atoms with Gasteiger partial charge in [0, 0.05) is 30.0 Å². The molecule has 2 rings (SSSR count). The van der Waals surface area contributed by atoms with Crippen molar-refractivity contribution in [2.24, 2.45) is 5.14 Å². The van der Waals surface area contributed by atoms with Crippen LogP contribution in [0, 0.1) is 6.92 Å². The van der Waals surface area contributed by atoms with E-state index in [1.807, 2.05) is 0 Å². The molecule has 0 radical (unpaired) electrons. The van der Waals surface area contributed by atoms with Crippen molar-refractivity contribution in [1.82, 2.24) is 4.90 Å². The summed E-state index contributed by atoms with van der Waals surface area (Å²) in [5, 5.41) is 8.68. The third-order valence-corrected chi connectivity index (χ3v) is 5.29. The average molecular weight is 312 g/mol. The average Bonchev–Trinajstić information content (AvgIpc) is 2.36. The van der Waals surface area contributed by atoms with Gasteiger partial charge in [0.25, 0.3) is 0 Å². The van der Waals surface area contributed by atoms with Gasteiger partial charge in [-0.15, -0.1) is 0 Å². The molecule has 0 aromatic heterocycles. The molecule has 0 aliphatic carbocycles. The zero-order chi connectivity index (χ0) is 15.8. The van der Waals surface area contributed by atoms with E-state index in [1.165, 1.54) is 6.07 Å². The van der Waals surface area contributed by atoms with E-state index >= 15 is 0 Å². The lowest BCUT2D eigenvalue weighted by atomic mass is 9.98. The Kier molecular flexibility index (Phi) is 4.46. The fourth-order valence-electron chi connectivity index (χ4n) is 2.79. The molecule has 7 heteroatoms. The Morgan fingerprint density at radius 1 is 1.38 bits per heavy atom.